The number of hydrogen-bond donors (Lipinski definition) is 0. The zero-order chi connectivity index (χ0) is 22.8. The Morgan fingerprint density at radius 2 is 1.88 bits per heavy atom. The molecule has 8 heteroatoms. The fourth-order valence-corrected chi connectivity index (χ4v) is 5.34. The number of methoxy groups -OCH3 is 2. The molecule has 2 aliphatic rings. The van der Waals surface area contributed by atoms with E-state index in [2.05, 4.69) is 26.9 Å². The van der Waals surface area contributed by atoms with Crippen LogP contribution in [0.4, 0.5) is 0 Å². The number of nitrogens with zero attached hydrogens (tertiary/aromatic N) is 4. The van der Waals surface area contributed by atoms with Crippen LogP contribution in [0.3, 0.4) is 0 Å². The van der Waals surface area contributed by atoms with Gasteiger partial charge < -0.3 is 14.4 Å². The van der Waals surface area contributed by atoms with Gasteiger partial charge >= 0.3 is 0 Å². The van der Waals surface area contributed by atoms with E-state index >= 15 is 0 Å². The molecule has 0 N–H and O–H groups in total. The summed E-state index contributed by atoms with van der Waals surface area (Å²) in [6.45, 7) is 0.739. The van der Waals surface area contributed by atoms with Crippen molar-refractivity contribution in [2.45, 2.75) is 42.8 Å². The number of likely N-dealkylation sites (tertiary alicyclic amines) is 1. The Labute approximate surface area is 198 Å². The number of thioether (sulfide) groups is 1. The first-order valence-corrected chi connectivity index (χ1v) is 12.3. The Balaban J connectivity index is 1.35. The lowest BCUT2D eigenvalue weighted by molar-refractivity contribution is -0.129. The standard InChI is InChI=1S/C25H28N4O3S/c1-31-19-12-13-22(32-2)20(15-19)21-9-6-14-28(21)23(30)16-33-25-27-26-24(17-10-11-17)29(25)18-7-4-3-5-8-18/h3-5,7-8,12-13,15,17,21H,6,9-11,14,16H2,1-2H3/t21-/m0/s1. The van der Waals surface area contributed by atoms with Crippen molar-refractivity contribution in [2.24, 2.45) is 0 Å². The molecule has 2 heterocycles. The maximum atomic E-state index is 13.3. The van der Waals surface area contributed by atoms with Crippen LogP contribution in [0, 0.1) is 0 Å². The zero-order valence-corrected chi connectivity index (χ0v) is 19.8. The number of carbonyl (C=O) groups is 1. The molecule has 2 fully saturated rings. The molecule has 2 aromatic carbocycles. The molecule has 3 aromatic rings. The van der Waals surface area contributed by atoms with Crippen molar-refractivity contribution in [3.05, 3.63) is 59.9 Å². The minimum absolute atomic E-state index is 0.0165. The minimum Gasteiger partial charge on any atom is -0.497 e. The second-order valence-corrected chi connectivity index (χ2v) is 9.37. The second-order valence-electron chi connectivity index (χ2n) is 8.43. The first-order chi connectivity index (χ1) is 16.2. The SMILES string of the molecule is COc1ccc(OC)c([C@@H]2CCCN2C(=O)CSc2nnc(C3CC3)n2-c2ccccc2)c1. The molecule has 1 saturated heterocycles. The molecule has 0 unspecified atom stereocenters. The Morgan fingerprint density at radius 1 is 1.06 bits per heavy atom. The lowest BCUT2D eigenvalue weighted by Crippen LogP contribution is -2.32. The molecule has 33 heavy (non-hydrogen) atoms. The molecule has 5 rings (SSSR count). The fourth-order valence-electron chi connectivity index (χ4n) is 4.50. The zero-order valence-electron chi connectivity index (χ0n) is 18.9. The number of para-hydroxylation sites is 1. The molecule has 7 nitrogen and oxygen atoms in total. The van der Waals surface area contributed by atoms with Crippen LogP contribution >= 0.6 is 11.8 Å². The smallest absolute Gasteiger partial charge is 0.233 e. The number of hydrogen-bond acceptors (Lipinski definition) is 6. The first-order valence-electron chi connectivity index (χ1n) is 11.3. The summed E-state index contributed by atoms with van der Waals surface area (Å²) in [4.78, 5) is 15.3. The summed E-state index contributed by atoms with van der Waals surface area (Å²) in [5, 5.41) is 9.69. The highest BCUT2D eigenvalue weighted by Crippen LogP contribution is 2.42. The molecule has 0 bridgehead atoms. The van der Waals surface area contributed by atoms with Gasteiger partial charge in [-0.15, -0.1) is 10.2 Å². The van der Waals surface area contributed by atoms with E-state index in [-0.39, 0.29) is 11.9 Å². The Hall–Kier alpha value is -3.00. The van der Waals surface area contributed by atoms with Crippen molar-refractivity contribution in [1.82, 2.24) is 19.7 Å². The third-order valence-electron chi connectivity index (χ3n) is 6.31. The fraction of sp³-hybridized carbons (Fsp3) is 0.400. The van der Waals surface area contributed by atoms with Gasteiger partial charge in [0.15, 0.2) is 5.16 Å². The molecular weight excluding hydrogens is 436 g/mol. The first kappa shape index (κ1) is 21.8. The molecule has 1 aliphatic heterocycles. The summed E-state index contributed by atoms with van der Waals surface area (Å²) in [5.74, 6) is 3.43. The third-order valence-corrected chi connectivity index (χ3v) is 7.22. The van der Waals surface area contributed by atoms with Crippen LogP contribution in [-0.4, -0.2) is 52.1 Å². The molecule has 1 atom stereocenters. The van der Waals surface area contributed by atoms with Crippen molar-refractivity contribution in [2.75, 3.05) is 26.5 Å². The van der Waals surface area contributed by atoms with Gasteiger partial charge in [0.2, 0.25) is 5.91 Å². The summed E-state index contributed by atoms with van der Waals surface area (Å²) in [5.41, 5.74) is 2.04. The van der Waals surface area contributed by atoms with E-state index in [0.717, 1.165) is 66.0 Å². The van der Waals surface area contributed by atoms with Gasteiger partial charge in [0.1, 0.15) is 17.3 Å². The van der Waals surface area contributed by atoms with E-state index in [9.17, 15) is 4.79 Å². The molecule has 1 aromatic heterocycles. The largest absolute Gasteiger partial charge is 0.497 e. The van der Waals surface area contributed by atoms with E-state index in [1.54, 1.807) is 14.2 Å². The molecule has 1 saturated carbocycles. The number of carbonyl (C=O) groups excluding carboxylic acids is 1. The van der Waals surface area contributed by atoms with Crippen LogP contribution in [0.2, 0.25) is 0 Å². The van der Waals surface area contributed by atoms with Crippen molar-refractivity contribution in [1.29, 1.82) is 0 Å². The van der Waals surface area contributed by atoms with E-state index in [4.69, 9.17) is 9.47 Å². The van der Waals surface area contributed by atoms with Crippen LogP contribution < -0.4 is 9.47 Å². The summed E-state index contributed by atoms with van der Waals surface area (Å²) < 4.78 is 13.1. The van der Waals surface area contributed by atoms with Gasteiger partial charge in [0.25, 0.3) is 0 Å². The lowest BCUT2D eigenvalue weighted by atomic mass is 10.0. The lowest BCUT2D eigenvalue weighted by Gasteiger charge is -2.26. The van der Waals surface area contributed by atoms with Crippen LogP contribution in [0.1, 0.15) is 49.0 Å². The van der Waals surface area contributed by atoms with E-state index in [0.29, 0.717) is 11.7 Å². The van der Waals surface area contributed by atoms with Gasteiger partial charge in [0.05, 0.1) is 26.0 Å². The maximum Gasteiger partial charge on any atom is 0.233 e. The Bertz CT molecular complexity index is 1130. The van der Waals surface area contributed by atoms with Crippen molar-refractivity contribution < 1.29 is 14.3 Å². The highest BCUT2D eigenvalue weighted by Gasteiger charge is 2.34. The topological polar surface area (TPSA) is 69.5 Å². The summed E-state index contributed by atoms with van der Waals surface area (Å²) in [6, 6.07) is 15.9. The van der Waals surface area contributed by atoms with Gasteiger partial charge in [-0.25, -0.2) is 0 Å². The third kappa shape index (κ3) is 4.44. The van der Waals surface area contributed by atoms with Gasteiger partial charge in [-0.2, -0.15) is 0 Å². The molecule has 0 spiro atoms. The predicted octanol–water partition coefficient (Wildman–Crippen LogP) is 4.62. The summed E-state index contributed by atoms with van der Waals surface area (Å²) in [6.07, 6.45) is 4.16. The van der Waals surface area contributed by atoms with Crippen LogP contribution in [-0.2, 0) is 4.79 Å². The number of rotatable bonds is 8. The van der Waals surface area contributed by atoms with Gasteiger partial charge in [-0.1, -0.05) is 30.0 Å². The Morgan fingerprint density at radius 3 is 2.61 bits per heavy atom. The van der Waals surface area contributed by atoms with Crippen molar-refractivity contribution >= 4 is 17.7 Å². The molecular formula is C25H28N4O3S. The number of ether oxygens (including phenoxy) is 2. The van der Waals surface area contributed by atoms with Crippen molar-refractivity contribution in [3.8, 4) is 17.2 Å². The number of amides is 1. The predicted molar refractivity (Wildman–Crippen MR) is 127 cm³/mol. The monoisotopic (exact) mass is 464 g/mol. The van der Waals surface area contributed by atoms with Crippen LogP contribution in [0.25, 0.3) is 5.69 Å². The van der Waals surface area contributed by atoms with Crippen LogP contribution in [0.15, 0.2) is 53.7 Å². The molecule has 172 valence electrons. The summed E-state index contributed by atoms with van der Waals surface area (Å²) in [7, 11) is 3.31. The van der Waals surface area contributed by atoms with Crippen LogP contribution in [0.5, 0.6) is 11.5 Å². The van der Waals surface area contributed by atoms with E-state index < -0.39 is 0 Å². The molecule has 1 aliphatic carbocycles. The van der Waals surface area contributed by atoms with Gasteiger partial charge in [-0.05, 0) is 56.0 Å². The van der Waals surface area contributed by atoms with Gasteiger partial charge in [-0.3, -0.25) is 9.36 Å². The summed E-state index contributed by atoms with van der Waals surface area (Å²) >= 11 is 1.46. The highest BCUT2D eigenvalue weighted by atomic mass is 32.2. The average Bonchev–Trinajstić information content (AvgIpc) is 3.43. The number of benzene rings is 2. The molecule has 1 amide bonds. The average molecular weight is 465 g/mol. The molecule has 0 radical (unpaired) electrons. The number of aromatic nitrogens is 3. The normalized spacial score (nSPS) is 17.9. The van der Waals surface area contributed by atoms with Gasteiger partial charge in [0, 0.05) is 23.7 Å². The highest BCUT2D eigenvalue weighted by molar-refractivity contribution is 7.99. The van der Waals surface area contributed by atoms with E-state index in [1.807, 2.05) is 41.3 Å². The maximum absolute atomic E-state index is 13.3. The minimum atomic E-state index is -0.0165. The second kappa shape index (κ2) is 9.47. The Kier molecular flexibility index (Phi) is 6.26. The van der Waals surface area contributed by atoms with E-state index in [1.165, 1.54) is 11.8 Å². The van der Waals surface area contributed by atoms with Crippen molar-refractivity contribution in [3.63, 3.8) is 0 Å². The quantitative estimate of drug-likeness (QED) is 0.453.